The molecule has 1 N–H and O–H groups in total. The van der Waals surface area contributed by atoms with Gasteiger partial charge in [0.15, 0.2) is 0 Å². The molecule has 2 rings (SSSR count). The second kappa shape index (κ2) is 6.37. The predicted molar refractivity (Wildman–Crippen MR) is 87.8 cm³/mol. The van der Waals surface area contributed by atoms with E-state index in [1.165, 1.54) is 24.0 Å². The molecule has 0 radical (unpaired) electrons. The quantitative estimate of drug-likeness (QED) is 0.931. The molecule has 5 nitrogen and oxygen atoms in total. The maximum Gasteiger partial charge on any atom is 0.261 e. The monoisotopic (exact) mass is 338 g/mol. The summed E-state index contributed by atoms with van der Waals surface area (Å²) in [6.45, 7) is 1.45. The molecular formula is C15H15ClN2O3S. The maximum atomic E-state index is 12.2. The average Bonchev–Trinajstić information content (AvgIpc) is 2.47. The highest BCUT2D eigenvalue weighted by atomic mass is 35.5. The summed E-state index contributed by atoms with van der Waals surface area (Å²) >= 11 is 5.81. The number of benzene rings is 2. The van der Waals surface area contributed by atoms with Crippen LogP contribution in [0.5, 0.6) is 0 Å². The normalized spacial score (nSPS) is 11.0. The Bertz CT molecular complexity index is 789. The fraction of sp³-hybridized carbons (Fsp3) is 0.133. The predicted octanol–water partition coefficient (Wildman–Crippen LogP) is 3.12. The molecule has 22 heavy (non-hydrogen) atoms. The Hall–Kier alpha value is -2.05. The van der Waals surface area contributed by atoms with Crippen molar-refractivity contribution in [3.8, 4) is 0 Å². The molecule has 0 aromatic heterocycles. The lowest BCUT2D eigenvalue weighted by Crippen LogP contribution is -2.22. The van der Waals surface area contributed by atoms with Crippen molar-refractivity contribution < 1.29 is 13.2 Å². The number of rotatable bonds is 4. The Morgan fingerprint density at radius 1 is 1.14 bits per heavy atom. The van der Waals surface area contributed by atoms with E-state index in [-0.39, 0.29) is 10.8 Å². The highest BCUT2D eigenvalue weighted by molar-refractivity contribution is 7.92. The first kappa shape index (κ1) is 16.3. The molecule has 0 unspecified atom stereocenters. The lowest BCUT2D eigenvalue weighted by molar-refractivity contribution is -0.116. The van der Waals surface area contributed by atoms with E-state index >= 15 is 0 Å². The van der Waals surface area contributed by atoms with Crippen molar-refractivity contribution in [1.82, 2.24) is 0 Å². The van der Waals surface area contributed by atoms with Crippen LogP contribution in [0.15, 0.2) is 53.4 Å². The summed E-state index contributed by atoms with van der Waals surface area (Å²) in [7, 11) is -2.05. The van der Waals surface area contributed by atoms with Crippen molar-refractivity contribution in [1.29, 1.82) is 0 Å². The summed E-state index contributed by atoms with van der Waals surface area (Å²) in [6, 6.07) is 12.5. The Morgan fingerprint density at radius 2 is 1.77 bits per heavy atom. The number of carbonyl (C=O) groups excluding carboxylic acids is 1. The van der Waals surface area contributed by atoms with Crippen molar-refractivity contribution >= 4 is 38.9 Å². The molecule has 0 atom stereocenters. The van der Waals surface area contributed by atoms with E-state index in [9.17, 15) is 13.2 Å². The summed E-state index contributed by atoms with van der Waals surface area (Å²) in [5, 5.41) is 0.348. The van der Waals surface area contributed by atoms with Crippen LogP contribution in [0.1, 0.15) is 6.92 Å². The fourth-order valence-electron chi connectivity index (χ4n) is 1.78. The van der Waals surface area contributed by atoms with Gasteiger partial charge in [0, 0.05) is 30.4 Å². The number of nitrogens with zero attached hydrogens (tertiary/aromatic N) is 1. The average molecular weight is 339 g/mol. The van der Waals surface area contributed by atoms with Crippen LogP contribution in [0.4, 0.5) is 11.4 Å². The van der Waals surface area contributed by atoms with Crippen molar-refractivity contribution in [2.45, 2.75) is 11.8 Å². The highest BCUT2D eigenvalue weighted by Crippen LogP contribution is 2.21. The van der Waals surface area contributed by atoms with Gasteiger partial charge < -0.3 is 4.90 Å². The van der Waals surface area contributed by atoms with E-state index in [0.717, 1.165) is 0 Å². The number of nitrogens with one attached hydrogen (secondary N) is 1. The minimum atomic E-state index is -3.70. The Labute approximate surface area is 134 Å². The minimum Gasteiger partial charge on any atom is -0.316 e. The minimum absolute atomic E-state index is 0.0879. The summed E-state index contributed by atoms with van der Waals surface area (Å²) in [5.41, 5.74) is 1.08. The van der Waals surface area contributed by atoms with E-state index in [1.54, 1.807) is 43.4 Å². The Balaban J connectivity index is 2.22. The first-order valence-corrected chi connectivity index (χ1v) is 8.28. The van der Waals surface area contributed by atoms with Crippen LogP contribution in [0.2, 0.25) is 5.02 Å². The first-order chi connectivity index (χ1) is 10.3. The van der Waals surface area contributed by atoms with E-state index in [2.05, 4.69) is 4.72 Å². The standard InChI is InChI=1S/C15H15ClN2O3S/c1-11(19)18(2)14-8-6-13(7-9-14)17-22(20,21)15-5-3-4-12(16)10-15/h3-10,17H,1-2H3. The van der Waals surface area contributed by atoms with Gasteiger partial charge in [-0.15, -0.1) is 0 Å². The van der Waals surface area contributed by atoms with Gasteiger partial charge >= 0.3 is 0 Å². The molecule has 0 spiro atoms. The van der Waals surface area contributed by atoms with E-state index < -0.39 is 10.0 Å². The third kappa shape index (κ3) is 3.78. The molecule has 0 aliphatic heterocycles. The molecule has 0 fully saturated rings. The summed E-state index contributed by atoms with van der Waals surface area (Å²) < 4.78 is 27.0. The van der Waals surface area contributed by atoms with E-state index in [4.69, 9.17) is 11.6 Å². The van der Waals surface area contributed by atoms with Crippen LogP contribution in [0.3, 0.4) is 0 Å². The number of hydrogen-bond acceptors (Lipinski definition) is 3. The smallest absolute Gasteiger partial charge is 0.261 e. The lowest BCUT2D eigenvalue weighted by Gasteiger charge is -2.15. The number of amides is 1. The molecule has 1 amide bonds. The molecule has 0 bridgehead atoms. The van der Waals surface area contributed by atoms with Gasteiger partial charge in [-0.25, -0.2) is 8.42 Å². The highest BCUT2D eigenvalue weighted by Gasteiger charge is 2.14. The zero-order valence-electron chi connectivity index (χ0n) is 12.1. The number of hydrogen-bond donors (Lipinski definition) is 1. The van der Waals surface area contributed by atoms with Crippen molar-refractivity contribution in [2.75, 3.05) is 16.7 Å². The van der Waals surface area contributed by atoms with Gasteiger partial charge in [-0.05, 0) is 42.5 Å². The SMILES string of the molecule is CC(=O)N(C)c1ccc(NS(=O)(=O)c2cccc(Cl)c2)cc1. The summed E-state index contributed by atoms with van der Waals surface area (Å²) in [5.74, 6) is -0.104. The zero-order chi connectivity index (χ0) is 16.3. The van der Waals surface area contributed by atoms with Crippen LogP contribution >= 0.6 is 11.6 Å². The van der Waals surface area contributed by atoms with Crippen LogP contribution in [0.25, 0.3) is 0 Å². The first-order valence-electron chi connectivity index (χ1n) is 6.42. The summed E-state index contributed by atoms with van der Waals surface area (Å²) in [4.78, 5) is 12.8. The molecule has 0 heterocycles. The maximum absolute atomic E-state index is 12.2. The lowest BCUT2D eigenvalue weighted by atomic mass is 10.2. The van der Waals surface area contributed by atoms with Crippen molar-refractivity contribution in [2.24, 2.45) is 0 Å². The van der Waals surface area contributed by atoms with Gasteiger partial charge in [0.25, 0.3) is 10.0 Å². The fourth-order valence-corrected chi connectivity index (χ4v) is 3.14. The van der Waals surface area contributed by atoms with Crippen LogP contribution in [-0.2, 0) is 14.8 Å². The van der Waals surface area contributed by atoms with Gasteiger partial charge in [-0.2, -0.15) is 0 Å². The molecule has 2 aromatic carbocycles. The van der Waals surface area contributed by atoms with Gasteiger partial charge in [0.1, 0.15) is 0 Å². The van der Waals surface area contributed by atoms with Crippen LogP contribution < -0.4 is 9.62 Å². The van der Waals surface area contributed by atoms with E-state index in [0.29, 0.717) is 16.4 Å². The molecule has 0 saturated heterocycles. The number of carbonyl (C=O) groups is 1. The number of anilines is 2. The molecule has 0 aliphatic carbocycles. The Morgan fingerprint density at radius 3 is 2.32 bits per heavy atom. The van der Waals surface area contributed by atoms with Crippen molar-refractivity contribution in [3.63, 3.8) is 0 Å². The molecule has 0 aliphatic rings. The van der Waals surface area contributed by atoms with Gasteiger partial charge in [0.2, 0.25) is 5.91 Å². The zero-order valence-corrected chi connectivity index (χ0v) is 13.6. The molecule has 0 saturated carbocycles. The van der Waals surface area contributed by atoms with Crippen LogP contribution in [0, 0.1) is 0 Å². The number of sulfonamides is 1. The summed E-state index contributed by atoms with van der Waals surface area (Å²) in [6.07, 6.45) is 0. The third-order valence-corrected chi connectivity index (χ3v) is 4.70. The van der Waals surface area contributed by atoms with Gasteiger partial charge in [-0.3, -0.25) is 9.52 Å². The topological polar surface area (TPSA) is 66.5 Å². The molecular weight excluding hydrogens is 324 g/mol. The largest absolute Gasteiger partial charge is 0.316 e. The molecule has 116 valence electrons. The van der Waals surface area contributed by atoms with Crippen molar-refractivity contribution in [3.05, 3.63) is 53.6 Å². The Kier molecular flexibility index (Phi) is 4.73. The van der Waals surface area contributed by atoms with Gasteiger partial charge in [-0.1, -0.05) is 17.7 Å². The van der Waals surface area contributed by atoms with E-state index in [1.807, 2.05) is 0 Å². The molecule has 2 aromatic rings. The van der Waals surface area contributed by atoms with Gasteiger partial charge in [0.05, 0.1) is 4.90 Å². The number of halogens is 1. The third-order valence-electron chi connectivity index (χ3n) is 3.09. The van der Waals surface area contributed by atoms with Crippen LogP contribution in [-0.4, -0.2) is 21.4 Å². The molecule has 7 heteroatoms. The second-order valence-corrected chi connectivity index (χ2v) is 6.81. The second-order valence-electron chi connectivity index (χ2n) is 4.69.